The van der Waals surface area contributed by atoms with Crippen LogP contribution in [-0.4, -0.2) is 49.0 Å². The number of carbonyl (C=O) groups excluding carboxylic acids is 1. The summed E-state index contributed by atoms with van der Waals surface area (Å²) in [7, 11) is -3.97. The van der Waals surface area contributed by atoms with Crippen molar-refractivity contribution in [2.45, 2.75) is 37.6 Å². The lowest BCUT2D eigenvalue weighted by molar-refractivity contribution is -0.140. The van der Waals surface area contributed by atoms with Gasteiger partial charge in [0.05, 0.1) is 11.5 Å². The molecule has 26 heavy (non-hydrogen) atoms. The van der Waals surface area contributed by atoms with E-state index >= 15 is 0 Å². The molecule has 1 N–H and O–H groups in total. The van der Waals surface area contributed by atoms with E-state index in [1.54, 1.807) is 13.8 Å². The third kappa shape index (κ3) is 2.97. The maximum atomic E-state index is 12.9. The number of carbonyl (C=O) groups is 2. The van der Waals surface area contributed by atoms with Gasteiger partial charge in [-0.05, 0) is 44.9 Å². The molecule has 1 saturated heterocycles. The highest BCUT2D eigenvalue weighted by atomic mass is 32.2. The van der Waals surface area contributed by atoms with E-state index in [-0.39, 0.29) is 30.2 Å². The fourth-order valence-corrected chi connectivity index (χ4v) is 4.84. The van der Waals surface area contributed by atoms with Gasteiger partial charge in [0.15, 0.2) is 0 Å². The van der Waals surface area contributed by atoms with Crippen molar-refractivity contribution in [3.8, 4) is 0 Å². The minimum absolute atomic E-state index is 0.0287. The van der Waals surface area contributed by atoms with E-state index in [0.29, 0.717) is 23.0 Å². The number of furan rings is 1. The molecule has 0 spiro atoms. The summed E-state index contributed by atoms with van der Waals surface area (Å²) in [6.45, 7) is 3.68. The molecule has 8 nitrogen and oxygen atoms in total. The predicted octanol–water partition coefficient (Wildman–Crippen LogP) is 2.16. The van der Waals surface area contributed by atoms with E-state index in [9.17, 15) is 23.1 Å². The number of esters is 1. The molecule has 140 valence electrons. The van der Waals surface area contributed by atoms with Crippen molar-refractivity contribution < 1.29 is 32.3 Å². The number of aryl methyl sites for hydroxylation is 1. The number of hydrogen-bond donors (Lipinski definition) is 1. The fraction of sp³-hybridized carbons (Fsp3) is 0.412. The number of carboxylic acids is 1. The standard InChI is InChI=1S/C17H19NO7S/c1-3-24-17(21)15-10(2)12-9-11(6-7-14(12)25-15)26(22,23)18-8-4-5-13(18)16(19)20/h6-7,9,13H,3-5,8H2,1-2H3,(H,19,20)/t13-/m1/s1. The van der Waals surface area contributed by atoms with Crippen molar-refractivity contribution >= 4 is 32.9 Å². The van der Waals surface area contributed by atoms with Crippen molar-refractivity contribution in [3.05, 3.63) is 29.5 Å². The first-order valence-electron chi connectivity index (χ1n) is 8.22. The molecule has 1 fully saturated rings. The Kier molecular flexibility index (Phi) is 4.76. The van der Waals surface area contributed by atoms with Crippen LogP contribution in [0.5, 0.6) is 0 Å². The van der Waals surface area contributed by atoms with E-state index in [4.69, 9.17) is 9.15 Å². The number of hydrogen-bond acceptors (Lipinski definition) is 6. The zero-order valence-electron chi connectivity index (χ0n) is 14.4. The lowest BCUT2D eigenvalue weighted by Crippen LogP contribution is -2.40. The molecule has 0 amide bonds. The van der Waals surface area contributed by atoms with E-state index < -0.39 is 28.0 Å². The van der Waals surface area contributed by atoms with Crippen LogP contribution in [0.15, 0.2) is 27.5 Å². The molecule has 2 heterocycles. The molecular weight excluding hydrogens is 362 g/mol. The van der Waals surface area contributed by atoms with Gasteiger partial charge in [-0.1, -0.05) is 0 Å². The maximum Gasteiger partial charge on any atom is 0.374 e. The van der Waals surface area contributed by atoms with E-state index in [0.717, 1.165) is 4.31 Å². The first-order valence-corrected chi connectivity index (χ1v) is 9.66. The largest absolute Gasteiger partial charge is 0.480 e. The van der Waals surface area contributed by atoms with Crippen LogP contribution in [0.4, 0.5) is 0 Å². The summed E-state index contributed by atoms with van der Waals surface area (Å²) in [5.41, 5.74) is 0.840. The zero-order chi connectivity index (χ0) is 19.1. The monoisotopic (exact) mass is 381 g/mol. The second-order valence-electron chi connectivity index (χ2n) is 6.05. The topological polar surface area (TPSA) is 114 Å². The molecule has 1 aliphatic rings. The summed E-state index contributed by atoms with van der Waals surface area (Å²) in [6, 6.07) is 3.16. The van der Waals surface area contributed by atoms with E-state index in [2.05, 4.69) is 0 Å². The zero-order valence-corrected chi connectivity index (χ0v) is 15.2. The lowest BCUT2D eigenvalue weighted by atomic mass is 10.1. The number of rotatable bonds is 5. The molecule has 0 bridgehead atoms. The Labute approximate surface area is 150 Å². The second kappa shape index (κ2) is 6.73. The lowest BCUT2D eigenvalue weighted by Gasteiger charge is -2.20. The van der Waals surface area contributed by atoms with Gasteiger partial charge in [0.1, 0.15) is 11.6 Å². The highest BCUT2D eigenvalue weighted by Gasteiger charge is 2.39. The Balaban J connectivity index is 2.05. The van der Waals surface area contributed by atoms with Crippen LogP contribution in [0.25, 0.3) is 11.0 Å². The molecule has 0 unspecified atom stereocenters. The fourth-order valence-electron chi connectivity index (χ4n) is 3.16. The molecule has 1 atom stereocenters. The van der Waals surface area contributed by atoms with Crippen LogP contribution in [0.1, 0.15) is 35.9 Å². The highest BCUT2D eigenvalue weighted by Crippen LogP contribution is 2.31. The van der Waals surface area contributed by atoms with Crippen LogP contribution in [0.3, 0.4) is 0 Å². The summed E-state index contributed by atoms with van der Waals surface area (Å²) < 4.78 is 37.2. The summed E-state index contributed by atoms with van der Waals surface area (Å²) in [5, 5.41) is 9.72. The average Bonchev–Trinajstić information content (AvgIpc) is 3.20. The molecular formula is C17H19NO7S. The normalized spacial score (nSPS) is 18.3. The number of aliphatic carboxylic acids is 1. The Morgan fingerprint density at radius 3 is 2.77 bits per heavy atom. The van der Waals surface area contributed by atoms with Gasteiger partial charge in [0.2, 0.25) is 15.8 Å². The first kappa shape index (κ1) is 18.4. The minimum Gasteiger partial charge on any atom is -0.480 e. The summed E-state index contributed by atoms with van der Waals surface area (Å²) in [4.78, 5) is 23.2. The second-order valence-corrected chi connectivity index (χ2v) is 7.94. The number of benzene rings is 1. The van der Waals surface area contributed by atoms with Crippen LogP contribution >= 0.6 is 0 Å². The van der Waals surface area contributed by atoms with Crippen LogP contribution in [0, 0.1) is 6.92 Å². The van der Waals surface area contributed by atoms with Crippen molar-refractivity contribution in [2.75, 3.05) is 13.2 Å². The number of sulfonamides is 1. The molecule has 1 aromatic carbocycles. The first-order chi connectivity index (χ1) is 12.3. The van der Waals surface area contributed by atoms with Gasteiger partial charge in [-0.25, -0.2) is 13.2 Å². The van der Waals surface area contributed by atoms with Gasteiger partial charge in [-0.2, -0.15) is 4.31 Å². The van der Waals surface area contributed by atoms with E-state index in [1.165, 1.54) is 18.2 Å². The summed E-state index contributed by atoms with van der Waals surface area (Å²) in [5.74, 6) is -1.74. The number of fused-ring (bicyclic) bond motifs is 1. The quantitative estimate of drug-likeness (QED) is 0.789. The minimum atomic E-state index is -3.97. The number of ether oxygens (including phenoxy) is 1. The predicted molar refractivity (Wildman–Crippen MR) is 91.5 cm³/mol. The molecule has 2 aromatic rings. The highest BCUT2D eigenvalue weighted by molar-refractivity contribution is 7.89. The molecule has 1 aliphatic heterocycles. The third-order valence-electron chi connectivity index (χ3n) is 4.46. The van der Waals surface area contributed by atoms with Gasteiger partial charge in [0.25, 0.3) is 0 Å². The van der Waals surface area contributed by atoms with E-state index in [1.807, 2.05) is 0 Å². The Hall–Kier alpha value is -2.39. The number of carboxylic acid groups (broad SMARTS) is 1. The smallest absolute Gasteiger partial charge is 0.374 e. The molecule has 9 heteroatoms. The average molecular weight is 381 g/mol. The third-order valence-corrected chi connectivity index (χ3v) is 6.37. The number of nitrogens with zero attached hydrogens (tertiary/aromatic N) is 1. The SMILES string of the molecule is CCOC(=O)c1oc2ccc(S(=O)(=O)N3CCC[C@@H]3C(=O)O)cc2c1C. The summed E-state index contributed by atoms with van der Waals surface area (Å²) in [6.07, 6.45) is 0.782. The Bertz CT molecular complexity index is 976. The van der Waals surface area contributed by atoms with Gasteiger partial charge >= 0.3 is 11.9 Å². The van der Waals surface area contributed by atoms with Crippen LogP contribution in [-0.2, 0) is 19.6 Å². The Morgan fingerprint density at radius 2 is 2.12 bits per heavy atom. The molecule has 1 aromatic heterocycles. The van der Waals surface area contributed by atoms with Crippen molar-refractivity contribution in [1.29, 1.82) is 0 Å². The van der Waals surface area contributed by atoms with Gasteiger partial charge in [-0.3, -0.25) is 4.79 Å². The van der Waals surface area contributed by atoms with Crippen molar-refractivity contribution in [2.24, 2.45) is 0 Å². The molecule has 0 radical (unpaired) electrons. The molecule has 0 aliphatic carbocycles. The van der Waals surface area contributed by atoms with Crippen LogP contribution < -0.4 is 0 Å². The Morgan fingerprint density at radius 1 is 1.38 bits per heavy atom. The van der Waals surface area contributed by atoms with Crippen molar-refractivity contribution in [1.82, 2.24) is 4.31 Å². The summed E-state index contributed by atoms with van der Waals surface area (Å²) >= 11 is 0. The van der Waals surface area contributed by atoms with Crippen molar-refractivity contribution in [3.63, 3.8) is 0 Å². The van der Waals surface area contributed by atoms with Gasteiger partial charge in [0, 0.05) is 17.5 Å². The van der Waals surface area contributed by atoms with Crippen LogP contribution in [0.2, 0.25) is 0 Å². The van der Waals surface area contributed by atoms with Gasteiger partial charge in [-0.15, -0.1) is 0 Å². The van der Waals surface area contributed by atoms with Gasteiger partial charge < -0.3 is 14.3 Å². The molecule has 0 saturated carbocycles. The maximum absolute atomic E-state index is 12.9. The molecule has 3 rings (SSSR count).